The van der Waals surface area contributed by atoms with Crippen molar-refractivity contribution in [1.82, 2.24) is 9.55 Å². The third kappa shape index (κ3) is 3.63. The Balaban J connectivity index is 1.87. The lowest BCUT2D eigenvalue weighted by Crippen LogP contribution is -2.26. The second-order valence-corrected chi connectivity index (χ2v) is 8.21. The molecule has 0 aliphatic heterocycles. The summed E-state index contributed by atoms with van der Waals surface area (Å²) in [5, 5.41) is 4.67. The molecule has 0 unspecified atom stereocenters. The van der Waals surface area contributed by atoms with E-state index < -0.39 is 0 Å². The molecule has 4 aromatic rings. The molecule has 4 nitrogen and oxygen atoms in total. The zero-order valence-corrected chi connectivity index (χ0v) is 16.5. The molecule has 3 aromatic heterocycles. The molecule has 0 aliphatic rings. The van der Waals surface area contributed by atoms with Gasteiger partial charge in [-0.2, -0.15) is 0 Å². The maximum Gasteiger partial charge on any atom is 0.262 e. The van der Waals surface area contributed by atoms with Gasteiger partial charge in [0.05, 0.1) is 5.39 Å². The predicted molar refractivity (Wildman–Crippen MR) is 112 cm³/mol. The van der Waals surface area contributed by atoms with E-state index >= 15 is 0 Å². The zero-order valence-electron chi connectivity index (χ0n) is 14.8. The second kappa shape index (κ2) is 7.58. The molecule has 136 valence electrons. The lowest BCUT2D eigenvalue weighted by Gasteiger charge is -2.12. The summed E-state index contributed by atoms with van der Waals surface area (Å²) < 4.78 is 1.68. The number of aromatic nitrogens is 2. The van der Waals surface area contributed by atoms with E-state index in [9.17, 15) is 9.59 Å². The van der Waals surface area contributed by atoms with Gasteiger partial charge in [-0.1, -0.05) is 36.4 Å². The molecule has 4 rings (SSSR count). The van der Waals surface area contributed by atoms with Crippen LogP contribution in [-0.2, 0) is 17.8 Å². The predicted octanol–water partition coefficient (Wildman–Crippen LogP) is 4.76. The van der Waals surface area contributed by atoms with Crippen LogP contribution >= 0.6 is 22.7 Å². The number of fused-ring (bicyclic) bond motifs is 1. The lowest BCUT2D eigenvalue weighted by atomic mass is 10.1. The van der Waals surface area contributed by atoms with Gasteiger partial charge < -0.3 is 0 Å². The van der Waals surface area contributed by atoms with E-state index in [1.165, 1.54) is 11.3 Å². The highest BCUT2D eigenvalue weighted by molar-refractivity contribution is 7.18. The quantitative estimate of drug-likeness (QED) is 0.474. The molecule has 0 amide bonds. The van der Waals surface area contributed by atoms with Gasteiger partial charge in [-0.05, 0) is 23.9 Å². The van der Waals surface area contributed by atoms with E-state index in [4.69, 9.17) is 4.98 Å². The van der Waals surface area contributed by atoms with E-state index in [0.717, 1.165) is 20.8 Å². The summed E-state index contributed by atoms with van der Waals surface area (Å²) in [6.07, 6.45) is 0.892. The first-order valence-electron chi connectivity index (χ1n) is 8.71. The highest BCUT2D eigenvalue weighted by Gasteiger charge is 2.18. The summed E-state index contributed by atoms with van der Waals surface area (Å²) in [4.78, 5) is 31.5. The Hall–Kier alpha value is -2.57. The summed E-state index contributed by atoms with van der Waals surface area (Å²) in [7, 11) is 0. The largest absolute Gasteiger partial charge is 0.300 e. The van der Waals surface area contributed by atoms with Crippen LogP contribution in [0.5, 0.6) is 0 Å². The summed E-state index contributed by atoms with van der Waals surface area (Å²) >= 11 is 3.11. The number of thiophene rings is 2. The van der Waals surface area contributed by atoms with Crippen molar-refractivity contribution in [1.29, 1.82) is 0 Å². The average molecular weight is 395 g/mol. The first kappa shape index (κ1) is 17.8. The molecule has 0 N–H and O–H groups in total. The van der Waals surface area contributed by atoms with E-state index in [0.29, 0.717) is 30.6 Å². The fourth-order valence-corrected chi connectivity index (χ4v) is 4.86. The Bertz CT molecular complexity index is 1140. The standard InChI is InChI=1S/C21H18N2O2S2/c1-14(24)9-10-23-18(12-15-6-3-2-4-7-15)22-20-19(21(23)25)16(13-27-20)17-8-5-11-26-17/h2-8,11,13H,9-10,12H2,1H3. The van der Waals surface area contributed by atoms with Crippen molar-refractivity contribution < 1.29 is 4.79 Å². The van der Waals surface area contributed by atoms with Crippen LogP contribution < -0.4 is 5.56 Å². The average Bonchev–Trinajstić information content (AvgIpc) is 3.31. The number of nitrogens with zero attached hydrogens (tertiary/aromatic N) is 2. The Labute approximate surface area is 164 Å². The minimum absolute atomic E-state index is 0.0585. The summed E-state index contributed by atoms with van der Waals surface area (Å²) in [6, 6.07) is 14.0. The van der Waals surface area contributed by atoms with Crippen LogP contribution in [0.2, 0.25) is 0 Å². The molecular formula is C21H18N2O2S2. The zero-order chi connectivity index (χ0) is 18.8. The van der Waals surface area contributed by atoms with Gasteiger partial charge in [-0.25, -0.2) is 4.98 Å². The fourth-order valence-electron chi connectivity index (χ4n) is 3.09. The number of Topliss-reactive ketones (excluding diaryl/α,β-unsaturated/α-hetero) is 1. The molecule has 0 bridgehead atoms. The first-order valence-corrected chi connectivity index (χ1v) is 10.5. The van der Waals surface area contributed by atoms with Crippen LogP contribution in [0.1, 0.15) is 24.7 Å². The number of rotatable bonds is 6. The molecule has 6 heteroatoms. The Morgan fingerprint density at radius 2 is 1.93 bits per heavy atom. The van der Waals surface area contributed by atoms with Crippen molar-refractivity contribution in [2.75, 3.05) is 0 Å². The molecule has 3 heterocycles. The van der Waals surface area contributed by atoms with Crippen molar-refractivity contribution >= 4 is 38.7 Å². The van der Waals surface area contributed by atoms with Crippen molar-refractivity contribution in [3.8, 4) is 10.4 Å². The van der Waals surface area contributed by atoms with Gasteiger partial charge in [0, 0.05) is 35.2 Å². The van der Waals surface area contributed by atoms with Crippen LogP contribution in [-0.4, -0.2) is 15.3 Å². The molecule has 0 saturated carbocycles. The highest BCUT2D eigenvalue weighted by atomic mass is 32.1. The van der Waals surface area contributed by atoms with Crippen molar-refractivity contribution in [2.24, 2.45) is 0 Å². The first-order chi connectivity index (χ1) is 13.1. The molecule has 0 radical (unpaired) electrons. The molecule has 0 atom stereocenters. The lowest BCUT2D eigenvalue weighted by molar-refractivity contribution is -0.117. The minimum Gasteiger partial charge on any atom is -0.300 e. The number of hydrogen-bond donors (Lipinski definition) is 0. The fraction of sp³-hybridized carbons (Fsp3) is 0.190. The van der Waals surface area contributed by atoms with Crippen molar-refractivity contribution in [3.63, 3.8) is 0 Å². The molecule has 0 spiro atoms. The molecule has 1 aromatic carbocycles. The SMILES string of the molecule is CC(=O)CCn1c(Cc2ccccc2)nc2scc(-c3cccs3)c2c1=O. The monoisotopic (exact) mass is 394 g/mol. The normalized spacial score (nSPS) is 11.1. The van der Waals surface area contributed by atoms with Crippen molar-refractivity contribution in [3.05, 3.63) is 75.0 Å². The molecule has 0 fully saturated rings. The van der Waals surface area contributed by atoms with Gasteiger partial charge in [-0.3, -0.25) is 14.2 Å². The van der Waals surface area contributed by atoms with Crippen LogP contribution in [0.25, 0.3) is 20.7 Å². The Morgan fingerprint density at radius 3 is 2.63 bits per heavy atom. The van der Waals surface area contributed by atoms with E-state index in [1.807, 2.05) is 53.2 Å². The Kier molecular flexibility index (Phi) is 5.01. The van der Waals surface area contributed by atoms with Gasteiger partial charge in [-0.15, -0.1) is 22.7 Å². The third-order valence-corrected chi connectivity index (χ3v) is 6.23. The van der Waals surface area contributed by atoms with Gasteiger partial charge in [0.1, 0.15) is 16.4 Å². The molecule has 0 saturated heterocycles. The van der Waals surface area contributed by atoms with Crippen molar-refractivity contribution in [2.45, 2.75) is 26.3 Å². The summed E-state index contributed by atoms with van der Waals surface area (Å²) in [5.74, 6) is 0.774. The number of carbonyl (C=O) groups is 1. The third-order valence-electron chi connectivity index (χ3n) is 4.45. The van der Waals surface area contributed by atoms with Gasteiger partial charge in [0.25, 0.3) is 5.56 Å². The summed E-state index contributed by atoms with van der Waals surface area (Å²) in [5.41, 5.74) is 1.97. The number of carbonyl (C=O) groups excluding carboxylic acids is 1. The van der Waals surface area contributed by atoms with E-state index in [2.05, 4.69) is 0 Å². The van der Waals surface area contributed by atoms with E-state index in [1.54, 1.807) is 22.8 Å². The Morgan fingerprint density at radius 1 is 1.11 bits per heavy atom. The number of hydrogen-bond acceptors (Lipinski definition) is 5. The molecule has 0 aliphatic carbocycles. The smallest absolute Gasteiger partial charge is 0.262 e. The van der Waals surface area contributed by atoms with Crippen LogP contribution in [0.4, 0.5) is 0 Å². The number of ketones is 1. The molecular weight excluding hydrogens is 376 g/mol. The maximum absolute atomic E-state index is 13.4. The van der Waals surface area contributed by atoms with Gasteiger partial charge in [0.15, 0.2) is 0 Å². The van der Waals surface area contributed by atoms with Crippen LogP contribution in [0.15, 0.2) is 58.0 Å². The minimum atomic E-state index is -0.0585. The van der Waals surface area contributed by atoms with Gasteiger partial charge in [0.2, 0.25) is 0 Å². The van der Waals surface area contributed by atoms with Crippen LogP contribution in [0, 0.1) is 0 Å². The number of benzene rings is 1. The topological polar surface area (TPSA) is 52.0 Å². The summed E-state index contributed by atoms with van der Waals surface area (Å²) in [6.45, 7) is 1.91. The van der Waals surface area contributed by atoms with Crippen LogP contribution in [0.3, 0.4) is 0 Å². The van der Waals surface area contributed by atoms with E-state index in [-0.39, 0.29) is 11.3 Å². The second-order valence-electron chi connectivity index (χ2n) is 6.41. The highest BCUT2D eigenvalue weighted by Crippen LogP contribution is 2.33. The van der Waals surface area contributed by atoms with Gasteiger partial charge >= 0.3 is 0 Å². The molecule has 27 heavy (non-hydrogen) atoms. The maximum atomic E-state index is 13.4.